The van der Waals surface area contributed by atoms with Crippen molar-refractivity contribution in [2.24, 2.45) is 52.3 Å². The van der Waals surface area contributed by atoms with Crippen LogP contribution in [0.25, 0.3) is 0 Å². The van der Waals surface area contributed by atoms with Crippen molar-refractivity contribution in [1.82, 2.24) is 0 Å². The number of allylic oxidation sites excluding steroid dienone is 1. The lowest BCUT2D eigenvalue weighted by atomic mass is 9.47. The van der Waals surface area contributed by atoms with Gasteiger partial charge in [0, 0.05) is 0 Å². The van der Waals surface area contributed by atoms with Gasteiger partial charge in [0.1, 0.15) is 0 Å². The summed E-state index contributed by atoms with van der Waals surface area (Å²) in [6.07, 6.45) is 17.1. The number of aliphatic hydroxyl groups excluding tert-OH is 1. The summed E-state index contributed by atoms with van der Waals surface area (Å²) in [5, 5.41) is 10.2. The number of aliphatic hydroxyl groups is 1. The SMILES string of the molecule is CC[C@@H](CC[C@@H](C)[C@H]1CC[C@H]2[C@@H]3CC=C4C[C@@H](O)CC[C@]4(C)[C@H]3CC[C@]12C)C(C)C.O. The largest absolute Gasteiger partial charge is 0.412 e. The molecule has 3 fully saturated rings. The van der Waals surface area contributed by atoms with E-state index in [2.05, 4.69) is 47.6 Å². The van der Waals surface area contributed by atoms with Crippen molar-refractivity contribution in [3.8, 4) is 0 Å². The Morgan fingerprint density at radius 2 is 1.74 bits per heavy atom. The highest BCUT2D eigenvalue weighted by molar-refractivity contribution is 5.25. The van der Waals surface area contributed by atoms with Crippen LogP contribution in [0.3, 0.4) is 0 Å². The van der Waals surface area contributed by atoms with Crippen LogP contribution in [0, 0.1) is 52.3 Å². The van der Waals surface area contributed by atoms with Gasteiger partial charge in [0.05, 0.1) is 6.10 Å². The highest BCUT2D eigenvalue weighted by Crippen LogP contribution is 2.67. The van der Waals surface area contributed by atoms with Crippen LogP contribution in [0.2, 0.25) is 0 Å². The van der Waals surface area contributed by atoms with Crippen LogP contribution >= 0.6 is 0 Å². The highest BCUT2D eigenvalue weighted by atomic mass is 16.3. The van der Waals surface area contributed by atoms with Crippen LogP contribution < -0.4 is 0 Å². The number of hydrogen-bond donors (Lipinski definition) is 1. The molecule has 0 saturated heterocycles. The fourth-order valence-electron chi connectivity index (χ4n) is 9.30. The average Bonchev–Trinajstić information content (AvgIpc) is 3.06. The zero-order valence-electron chi connectivity index (χ0n) is 21.4. The van der Waals surface area contributed by atoms with Gasteiger partial charge in [0.2, 0.25) is 0 Å². The first-order valence-electron chi connectivity index (χ1n) is 13.6. The molecule has 0 bridgehead atoms. The second-order valence-corrected chi connectivity index (χ2v) is 12.9. The molecule has 3 N–H and O–H groups in total. The molecule has 2 heteroatoms. The smallest absolute Gasteiger partial charge is 0.0577 e. The van der Waals surface area contributed by atoms with Crippen LogP contribution in [-0.2, 0) is 0 Å². The lowest BCUT2D eigenvalue weighted by Crippen LogP contribution is -2.50. The number of hydrogen-bond acceptors (Lipinski definition) is 1. The van der Waals surface area contributed by atoms with Crippen molar-refractivity contribution in [3.05, 3.63) is 11.6 Å². The monoisotopic (exact) mass is 432 g/mol. The Morgan fingerprint density at radius 3 is 2.42 bits per heavy atom. The van der Waals surface area contributed by atoms with Crippen LogP contribution in [0.15, 0.2) is 11.6 Å². The fraction of sp³-hybridized carbons (Fsp3) is 0.931. The molecule has 31 heavy (non-hydrogen) atoms. The molecular formula is C29H52O2. The number of rotatable bonds is 6. The summed E-state index contributed by atoms with van der Waals surface area (Å²) in [4.78, 5) is 0. The van der Waals surface area contributed by atoms with Gasteiger partial charge in [-0.15, -0.1) is 0 Å². The van der Waals surface area contributed by atoms with E-state index in [0.717, 1.165) is 54.3 Å². The maximum atomic E-state index is 10.2. The molecule has 0 aliphatic heterocycles. The summed E-state index contributed by atoms with van der Waals surface area (Å²) in [5.74, 6) is 6.31. The quantitative estimate of drug-likeness (QED) is 0.443. The van der Waals surface area contributed by atoms with Gasteiger partial charge in [-0.25, -0.2) is 0 Å². The first-order chi connectivity index (χ1) is 14.2. The van der Waals surface area contributed by atoms with E-state index < -0.39 is 0 Å². The molecule has 0 heterocycles. The van der Waals surface area contributed by atoms with Crippen LogP contribution in [0.4, 0.5) is 0 Å². The van der Waals surface area contributed by atoms with Crippen LogP contribution in [0.5, 0.6) is 0 Å². The molecule has 0 aromatic carbocycles. The van der Waals surface area contributed by atoms with E-state index in [4.69, 9.17) is 0 Å². The molecule has 2 nitrogen and oxygen atoms in total. The van der Waals surface area contributed by atoms with Gasteiger partial charge < -0.3 is 10.6 Å². The number of fused-ring (bicyclic) bond motifs is 5. The Hall–Kier alpha value is -0.340. The molecule has 0 aromatic heterocycles. The van der Waals surface area contributed by atoms with Crippen molar-refractivity contribution >= 4 is 0 Å². The lowest BCUT2D eigenvalue weighted by molar-refractivity contribution is -0.0575. The molecule has 180 valence electrons. The molecule has 3 saturated carbocycles. The summed E-state index contributed by atoms with van der Waals surface area (Å²) in [6, 6.07) is 0. The standard InChI is InChI=1S/C29H50O.H2O/c1-7-21(19(2)3)9-8-20(4)25-12-13-26-24-11-10-22-18-23(30)14-16-28(22,5)27(24)15-17-29(25,26)6;/h10,19-21,23-27,30H,7-9,11-18H2,1-6H3;1H2/t20-,21+,23+,24+,25-,26+,27+,28+,29-;/m1./s1. The van der Waals surface area contributed by atoms with Gasteiger partial charge in [-0.3, -0.25) is 0 Å². The van der Waals surface area contributed by atoms with Gasteiger partial charge >= 0.3 is 0 Å². The maximum absolute atomic E-state index is 10.2. The zero-order chi connectivity index (χ0) is 21.7. The average molecular weight is 433 g/mol. The predicted molar refractivity (Wildman–Crippen MR) is 132 cm³/mol. The molecule has 0 unspecified atom stereocenters. The summed E-state index contributed by atoms with van der Waals surface area (Å²) >= 11 is 0. The molecule has 4 aliphatic rings. The molecule has 4 aliphatic carbocycles. The third kappa shape index (κ3) is 4.30. The topological polar surface area (TPSA) is 51.7 Å². The van der Waals surface area contributed by atoms with E-state index in [1.165, 1.54) is 57.8 Å². The Bertz CT molecular complexity index is 639. The van der Waals surface area contributed by atoms with Gasteiger partial charge in [0.15, 0.2) is 0 Å². The molecule has 0 radical (unpaired) electrons. The van der Waals surface area contributed by atoms with E-state index in [9.17, 15) is 5.11 Å². The molecule has 9 atom stereocenters. The summed E-state index contributed by atoms with van der Waals surface area (Å²) < 4.78 is 0. The van der Waals surface area contributed by atoms with Gasteiger partial charge in [0.25, 0.3) is 0 Å². The van der Waals surface area contributed by atoms with Crippen molar-refractivity contribution in [3.63, 3.8) is 0 Å². The predicted octanol–water partition coefficient (Wildman–Crippen LogP) is 7.20. The molecule has 4 rings (SSSR count). The third-order valence-corrected chi connectivity index (χ3v) is 11.3. The van der Waals surface area contributed by atoms with Gasteiger partial charge in [-0.1, -0.05) is 66.0 Å². The van der Waals surface area contributed by atoms with Crippen molar-refractivity contribution in [2.45, 2.75) is 118 Å². The molecule has 0 amide bonds. The Morgan fingerprint density at radius 1 is 1.00 bits per heavy atom. The van der Waals surface area contributed by atoms with E-state index >= 15 is 0 Å². The molecular weight excluding hydrogens is 380 g/mol. The van der Waals surface area contributed by atoms with E-state index in [1.807, 2.05) is 0 Å². The first-order valence-corrected chi connectivity index (χ1v) is 13.6. The Labute approximate surface area is 193 Å². The third-order valence-electron chi connectivity index (χ3n) is 11.3. The van der Waals surface area contributed by atoms with E-state index in [0.29, 0.717) is 10.8 Å². The minimum Gasteiger partial charge on any atom is -0.412 e. The van der Waals surface area contributed by atoms with Gasteiger partial charge in [-0.2, -0.15) is 0 Å². The van der Waals surface area contributed by atoms with Crippen molar-refractivity contribution in [2.75, 3.05) is 0 Å². The van der Waals surface area contributed by atoms with Crippen molar-refractivity contribution < 1.29 is 10.6 Å². The van der Waals surface area contributed by atoms with Crippen LogP contribution in [0.1, 0.15) is 112 Å². The minimum absolute atomic E-state index is 0. The second-order valence-electron chi connectivity index (χ2n) is 12.9. The summed E-state index contributed by atoms with van der Waals surface area (Å²) in [5.41, 5.74) is 2.59. The van der Waals surface area contributed by atoms with Gasteiger partial charge in [-0.05, 0) is 110 Å². The molecule has 0 spiro atoms. The Balaban J connectivity index is 0.00000272. The second kappa shape index (κ2) is 9.49. The zero-order valence-corrected chi connectivity index (χ0v) is 21.4. The van der Waals surface area contributed by atoms with E-state index in [1.54, 1.807) is 5.57 Å². The Kier molecular flexibility index (Phi) is 7.74. The molecule has 0 aromatic rings. The van der Waals surface area contributed by atoms with E-state index in [-0.39, 0.29) is 11.6 Å². The fourth-order valence-corrected chi connectivity index (χ4v) is 9.30. The maximum Gasteiger partial charge on any atom is 0.0577 e. The summed E-state index contributed by atoms with van der Waals surface area (Å²) in [7, 11) is 0. The first kappa shape index (κ1) is 25.3. The minimum atomic E-state index is -0.0794. The highest BCUT2D eigenvalue weighted by Gasteiger charge is 2.59. The normalized spacial score (nSPS) is 43.9. The lowest BCUT2D eigenvalue weighted by Gasteiger charge is -2.58. The van der Waals surface area contributed by atoms with Crippen molar-refractivity contribution in [1.29, 1.82) is 0 Å². The summed E-state index contributed by atoms with van der Waals surface area (Å²) in [6.45, 7) is 15.1. The van der Waals surface area contributed by atoms with Crippen LogP contribution in [-0.4, -0.2) is 16.7 Å².